The van der Waals surface area contributed by atoms with E-state index in [0.29, 0.717) is 6.54 Å². The number of nitrogens with zero attached hydrogens (tertiary/aromatic N) is 3. The molecule has 0 aliphatic heterocycles. The van der Waals surface area contributed by atoms with E-state index in [0.717, 1.165) is 48.7 Å². The monoisotopic (exact) mass is 446 g/mol. The van der Waals surface area contributed by atoms with Crippen LogP contribution in [0.4, 0.5) is 5.13 Å². The van der Waals surface area contributed by atoms with Gasteiger partial charge in [0.25, 0.3) is 0 Å². The van der Waals surface area contributed by atoms with Crippen molar-refractivity contribution < 1.29 is 13.9 Å². The summed E-state index contributed by atoms with van der Waals surface area (Å²) >= 11 is 4.73. The summed E-state index contributed by atoms with van der Waals surface area (Å²) in [6, 6.07) is 9.52. The third-order valence-electron chi connectivity index (χ3n) is 3.93. The minimum atomic E-state index is 0.589. The minimum Gasteiger partial charge on any atom is -0.497 e. The largest absolute Gasteiger partial charge is 0.497 e. The molecule has 0 amide bonds. The van der Waals surface area contributed by atoms with E-state index >= 15 is 0 Å². The average Bonchev–Trinajstić information content (AvgIpc) is 3.52. The molecule has 0 aliphatic rings. The van der Waals surface area contributed by atoms with Crippen molar-refractivity contribution in [2.75, 3.05) is 19.5 Å². The van der Waals surface area contributed by atoms with Gasteiger partial charge >= 0.3 is 0 Å². The van der Waals surface area contributed by atoms with Gasteiger partial charge in [-0.25, -0.2) is 4.98 Å². The number of nitrogens with one attached hydrogen (secondary N) is 1. The molecule has 0 saturated carbocycles. The van der Waals surface area contributed by atoms with Gasteiger partial charge in [0.2, 0.25) is 5.13 Å². The quantitative estimate of drug-likeness (QED) is 0.352. The SMILES string of the molecule is COc1ccc(-c2nc(CSc3nnc(NCc4ccco4)s3)cs2)c(OC)c1. The molecule has 3 heterocycles. The van der Waals surface area contributed by atoms with Crippen molar-refractivity contribution in [2.45, 2.75) is 16.6 Å². The molecule has 1 N–H and O–H groups in total. The first kappa shape index (κ1) is 19.7. The standard InChI is InChI=1S/C19H18N4O3S3/c1-24-13-5-6-15(16(8-13)25-2)17-21-12(10-27-17)11-28-19-23-22-18(29-19)20-9-14-4-3-7-26-14/h3-8,10H,9,11H2,1-2H3,(H,20,22). The molecule has 0 spiro atoms. The highest BCUT2D eigenvalue weighted by Crippen LogP contribution is 2.36. The Bertz CT molecular complexity index is 1060. The van der Waals surface area contributed by atoms with Crippen LogP contribution in [0.15, 0.2) is 50.7 Å². The number of ether oxygens (including phenoxy) is 2. The molecule has 0 fully saturated rings. The van der Waals surface area contributed by atoms with Crippen molar-refractivity contribution in [1.29, 1.82) is 0 Å². The number of aromatic nitrogens is 3. The molecule has 0 bridgehead atoms. The fraction of sp³-hybridized carbons (Fsp3) is 0.211. The number of hydrogen-bond donors (Lipinski definition) is 1. The van der Waals surface area contributed by atoms with Gasteiger partial charge in [-0.1, -0.05) is 23.1 Å². The summed E-state index contributed by atoms with van der Waals surface area (Å²) in [6.07, 6.45) is 1.65. The van der Waals surface area contributed by atoms with Crippen LogP contribution >= 0.6 is 34.4 Å². The lowest BCUT2D eigenvalue weighted by atomic mass is 10.2. The highest BCUT2D eigenvalue weighted by molar-refractivity contribution is 8.00. The van der Waals surface area contributed by atoms with Gasteiger partial charge in [0.05, 0.1) is 38.3 Å². The van der Waals surface area contributed by atoms with E-state index in [-0.39, 0.29) is 0 Å². The minimum absolute atomic E-state index is 0.589. The molecule has 0 radical (unpaired) electrons. The molecule has 4 aromatic rings. The van der Waals surface area contributed by atoms with Gasteiger partial charge in [-0.05, 0) is 24.3 Å². The predicted molar refractivity (Wildman–Crippen MR) is 116 cm³/mol. The first-order valence-corrected chi connectivity index (χ1v) is 11.3. The zero-order valence-corrected chi connectivity index (χ0v) is 18.2. The lowest BCUT2D eigenvalue weighted by Crippen LogP contribution is -1.96. The Balaban J connectivity index is 1.36. The number of thioether (sulfide) groups is 1. The Morgan fingerprint density at radius 3 is 2.90 bits per heavy atom. The third-order valence-corrected chi connectivity index (χ3v) is 6.91. The Hall–Kier alpha value is -2.56. The van der Waals surface area contributed by atoms with Crippen LogP contribution < -0.4 is 14.8 Å². The van der Waals surface area contributed by atoms with Crippen molar-refractivity contribution in [2.24, 2.45) is 0 Å². The number of hydrogen-bond acceptors (Lipinski definition) is 10. The number of furan rings is 1. The van der Waals surface area contributed by atoms with Gasteiger partial charge in [-0.2, -0.15) is 0 Å². The smallest absolute Gasteiger partial charge is 0.206 e. The first-order chi connectivity index (χ1) is 14.2. The Kier molecular flexibility index (Phi) is 6.33. The molecule has 1 aromatic carbocycles. The maximum atomic E-state index is 5.48. The lowest BCUT2D eigenvalue weighted by Gasteiger charge is -2.08. The van der Waals surface area contributed by atoms with Crippen molar-refractivity contribution in [3.05, 3.63) is 53.4 Å². The van der Waals surface area contributed by atoms with Crippen LogP contribution in [0.1, 0.15) is 11.5 Å². The summed E-state index contributed by atoms with van der Waals surface area (Å²) in [5, 5.41) is 15.3. The van der Waals surface area contributed by atoms with Crippen LogP contribution in [0, 0.1) is 0 Å². The van der Waals surface area contributed by atoms with Crippen molar-refractivity contribution in [3.8, 4) is 22.1 Å². The van der Waals surface area contributed by atoms with Gasteiger partial charge in [0.1, 0.15) is 22.3 Å². The molecule has 7 nitrogen and oxygen atoms in total. The van der Waals surface area contributed by atoms with Crippen LogP contribution in [-0.2, 0) is 12.3 Å². The zero-order chi connectivity index (χ0) is 20.1. The second-order valence-corrected chi connectivity index (χ2v) is 8.86. The summed E-state index contributed by atoms with van der Waals surface area (Å²) in [7, 11) is 3.29. The van der Waals surface area contributed by atoms with E-state index in [9.17, 15) is 0 Å². The fourth-order valence-electron chi connectivity index (χ4n) is 2.52. The molecule has 0 unspecified atom stereocenters. The summed E-state index contributed by atoms with van der Waals surface area (Å²) in [5.74, 6) is 3.08. The van der Waals surface area contributed by atoms with Crippen LogP contribution in [0.3, 0.4) is 0 Å². The Morgan fingerprint density at radius 2 is 2.10 bits per heavy atom. The highest BCUT2D eigenvalue weighted by atomic mass is 32.2. The Morgan fingerprint density at radius 1 is 1.17 bits per heavy atom. The Labute approximate surface area is 180 Å². The van der Waals surface area contributed by atoms with E-state index in [2.05, 4.69) is 20.9 Å². The molecule has 4 rings (SSSR count). The van der Waals surface area contributed by atoms with Crippen molar-refractivity contribution in [1.82, 2.24) is 15.2 Å². The summed E-state index contributed by atoms with van der Waals surface area (Å²) in [6.45, 7) is 0.589. The predicted octanol–water partition coefficient (Wildman–Crippen LogP) is 5.18. The molecule has 29 heavy (non-hydrogen) atoms. The van der Waals surface area contributed by atoms with E-state index in [4.69, 9.17) is 18.9 Å². The van der Waals surface area contributed by atoms with E-state index in [1.807, 2.05) is 30.3 Å². The molecule has 0 aliphatic carbocycles. The highest BCUT2D eigenvalue weighted by Gasteiger charge is 2.13. The molecule has 150 valence electrons. The number of thiazole rings is 1. The van der Waals surface area contributed by atoms with Crippen molar-refractivity contribution >= 4 is 39.6 Å². The van der Waals surface area contributed by atoms with Crippen LogP contribution in [0.2, 0.25) is 0 Å². The molecule has 10 heteroatoms. The summed E-state index contributed by atoms with van der Waals surface area (Å²) < 4.78 is 16.9. The normalized spacial score (nSPS) is 10.8. The number of methoxy groups -OCH3 is 2. The van der Waals surface area contributed by atoms with Gasteiger partial charge in [0.15, 0.2) is 4.34 Å². The second-order valence-electron chi connectivity index (χ2n) is 5.80. The van der Waals surface area contributed by atoms with Gasteiger partial charge in [-0.15, -0.1) is 21.5 Å². The van der Waals surface area contributed by atoms with E-state index in [1.54, 1.807) is 43.6 Å². The maximum Gasteiger partial charge on any atom is 0.206 e. The summed E-state index contributed by atoms with van der Waals surface area (Å²) in [5.41, 5.74) is 1.95. The molecule has 0 atom stereocenters. The number of rotatable bonds is 9. The zero-order valence-electron chi connectivity index (χ0n) is 15.7. The van der Waals surface area contributed by atoms with E-state index < -0.39 is 0 Å². The maximum absolute atomic E-state index is 5.48. The average molecular weight is 447 g/mol. The lowest BCUT2D eigenvalue weighted by molar-refractivity contribution is 0.395. The van der Waals surface area contributed by atoms with Crippen molar-refractivity contribution in [3.63, 3.8) is 0 Å². The second kappa shape index (κ2) is 9.29. The van der Waals surface area contributed by atoms with Gasteiger partial charge in [-0.3, -0.25) is 0 Å². The van der Waals surface area contributed by atoms with Crippen LogP contribution in [0.5, 0.6) is 11.5 Å². The summed E-state index contributed by atoms with van der Waals surface area (Å²) in [4.78, 5) is 4.74. The number of anilines is 1. The van der Waals surface area contributed by atoms with Gasteiger partial charge < -0.3 is 19.2 Å². The molecule has 3 aromatic heterocycles. The first-order valence-electron chi connectivity index (χ1n) is 8.64. The molecule has 0 saturated heterocycles. The van der Waals surface area contributed by atoms with E-state index in [1.165, 1.54) is 11.3 Å². The number of benzene rings is 1. The van der Waals surface area contributed by atoms with Gasteiger partial charge in [0, 0.05) is 17.2 Å². The van der Waals surface area contributed by atoms with Crippen LogP contribution in [-0.4, -0.2) is 29.4 Å². The topological polar surface area (TPSA) is 82.3 Å². The fourth-order valence-corrected chi connectivity index (χ4v) is 5.12. The van der Waals surface area contributed by atoms with Crippen LogP contribution in [0.25, 0.3) is 10.6 Å². The molecular weight excluding hydrogens is 428 g/mol. The molecular formula is C19H18N4O3S3. The third kappa shape index (κ3) is 4.89.